The summed E-state index contributed by atoms with van der Waals surface area (Å²) in [7, 11) is -3.97. The molecule has 0 aromatic heterocycles. The molecule has 1 amide bonds. The highest BCUT2D eigenvalue weighted by Crippen LogP contribution is 2.50. The Bertz CT molecular complexity index is 807. The number of alkyl carbamates (subject to hydrolysis) is 1. The predicted octanol–water partition coefficient (Wildman–Crippen LogP) is 4.65. The molecule has 0 radical (unpaired) electrons. The van der Waals surface area contributed by atoms with Gasteiger partial charge >= 0.3 is 12.1 Å². The molecule has 33 heavy (non-hydrogen) atoms. The lowest BCUT2D eigenvalue weighted by Crippen LogP contribution is -2.31. The number of amides is 1. The van der Waals surface area contributed by atoms with Crippen LogP contribution in [0.25, 0.3) is 0 Å². The smallest absolute Gasteiger partial charge is 0.407 e. The maximum Gasteiger partial charge on any atom is 0.407 e. The molecule has 8 nitrogen and oxygen atoms in total. The van der Waals surface area contributed by atoms with Crippen LogP contribution in [0.4, 0.5) is 9.18 Å². The molecule has 1 rings (SSSR count). The topological polar surface area (TPSA) is 128 Å². The minimum Gasteiger partial charge on any atom is -0.450 e. The maximum atomic E-state index is 14.0. The SMILES string of the molecule is CCCCOC(=O)NCc1cccc(C(CP(=O)(O)C(N)C(C)C)C(=O)OC(F)CCC)c1. The van der Waals surface area contributed by atoms with E-state index < -0.39 is 43.7 Å². The fourth-order valence-corrected chi connectivity index (χ4v) is 5.17. The summed E-state index contributed by atoms with van der Waals surface area (Å²) in [6, 6.07) is 6.60. The minimum atomic E-state index is -3.97. The van der Waals surface area contributed by atoms with E-state index in [0.29, 0.717) is 24.2 Å². The van der Waals surface area contributed by atoms with Crippen molar-refractivity contribution in [1.29, 1.82) is 0 Å². The van der Waals surface area contributed by atoms with Gasteiger partial charge in [-0.1, -0.05) is 58.4 Å². The Morgan fingerprint density at radius 2 is 1.94 bits per heavy atom. The molecule has 188 valence electrons. The molecule has 1 aromatic carbocycles. The summed E-state index contributed by atoms with van der Waals surface area (Å²) < 4.78 is 36.9. The number of halogens is 1. The van der Waals surface area contributed by atoms with Crippen molar-refractivity contribution in [2.45, 2.75) is 78.0 Å². The van der Waals surface area contributed by atoms with Crippen LogP contribution in [0, 0.1) is 5.92 Å². The Morgan fingerprint density at radius 3 is 2.55 bits per heavy atom. The summed E-state index contributed by atoms with van der Waals surface area (Å²) >= 11 is 0. The molecule has 0 saturated carbocycles. The Morgan fingerprint density at radius 1 is 1.24 bits per heavy atom. The third-order valence-electron chi connectivity index (χ3n) is 5.16. The molecule has 10 heteroatoms. The second-order valence-electron chi connectivity index (χ2n) is 8.45. The quantitative estimate of drug-likeness (QED) is 0.198. The highest BCUT2D eigenvalue weighted by molar-refractivity contribution is 7.58. The normalized spacial score (nSPS) is 15.9. The van der Waals surface area contributed by atoms with E-state index in [4.69, 9.17) is 15.2 Å². The number of benzene rings is 1. The number of unbranched alkanes of at least 4 members (excludes halogenated alkanes) is 1. The van der Waals surface area contributed by atoms with E-state index in [0.717, 1.165) is 12.8 Å². The number of hydrogen-bond donors (Lipinski definition) is 3. The molecule has 4 N–H and O–H groups in total. The summed E-state index contributed by atoms with van der Waals surface area (Å²) in [5, 5.41) is 2.62. The summed E-state index contributed by atoms with van der Waals surface area (Å²) in [4.78, 5) is 35.2. The first-order valence-electron chi connectivity index (χ1n) is 11.4. The Labute approximate surface area is 195 Å². The summed E-state index contributed by atoms with van der Waals surface area (Å²) in [5.74, 6) is -3.43. The van der Waals surface area contributed by atoms with Crippen molar-refractivity contribution < 1.29 is 32.9 Å². The standard InChI is InChI=1S/C23H38FN2O6P/c1-5-7-12-31-23(28)26-14-17-10-8-11-18(13-17)19(22(27)32-20(24)9-6-2)15-33(29,30)21(25)16(3)4/h8,10-11,13,16,19-21H,5-7,9,12,14-15,25H2,1-4H3,(H,26,28)(H,29,30). The largest absolute Gasteiger partial charge is 0.450 e. The highest BCUT2D eigenvalue weighted by Gasteiger charge is 2.37. The molecule has 1 aromatic rings. The number of hydrogen-bond acceptors (Lipinski definition) is 6. The molecular weight excluding hydrogens is 450 g/mol. The summed E-state index contributed by atoms with van der Waals surface area (Å²) in [6.45, 7) is 7.62. The molecule has 0 aliphatic carbocycles. The van der Waals surface area contributed by atoms with Crippen molar-refractivity contribution in [2.24, 2.45) is 11.7 Å². The predicted molar refractivity (Wildman–Crippen MR) is 126 cm³/mol. The van der Waals surface area contributed by atoms with E-state index >= 15 is 0 Å². The molecule has 0 fully saturated rings. The van der Waals surface area contributed by atoms with Crippen LogP contribution >= 0.6 is 7.37 Å². The molecular formula is C23H38FN2O6P. The lowest BCUT2D eigenvalue weighted by atomic mass is 9.99. The van der Waals surface area contributed by atoms with E-state index in [9.17, 15) is 23.4 Å². The number of carbonyl (C=O) groups excluding carboxylic acids is 2. The van der Waals surface area contributed by atoms with Crippen molar-refractivity contribution in [3.63, 3.8) is 0 Å². The van der Waals surface area contributed by atoms with Crippen LogP contribution in [0.3, 0.4) is 0 Å². The lowest BCUT2D eigenvalue weighted by molar-refractivity contribution is -0.159. The Hall–Kier alpha value is -1.96. The molecule has 4 atom stereocenters. The lowest BCUT2D eigenvalue weighted by Gasteiger charge is -2.26. The summed E-state index contributed by atoms with van der Waals surface area (Å²) in [5.41, 5.74) is 6.95. The monoisotopic (exact) mass is 488 g/mol. The van der Waals surface area contributed by atoms with Crippen molar-refractivity contribution in [2.75, 3.05) is 12.8 Å². The van der Waals surface area contributed by atoms with Gasteiger partial charge in [0.25, 0.3) is 0 Å². The second-order valence-corrected chi connectivity index (χ2v) is 10.9. The van der Waals surface area contributed by atoms with Gasteiger partial charge in [-0.3, -0.25) is 9.36 Å². The van der Waals surface area contributed by atoms with Crippen LogP contribution in [0.15, 0.2) is 24.3 Å². The van der Waals surface area contributed by atoms with E-state index in [1.54, 1.807) is 45.0 Å². The number of ether oxygens (including phenoxy) is 2. The molecule has 0 bridgehead atoms. The van der Waals surface area contributed by atoms with Crippen LogP contribution in [0.5, 0.6) is 0 Å². The first-order valence-corrected chi connectivity index (χ1v) is 13.3. The maximum absolute atomic E-state index is 14.0. The fraction of sp³-hybridized carbons (Fsp3) is 0.652. The third kappa shape index (κ3) is 10.2. The highest BCUT2D eigenvalue weighted by atomic mass is 31.2. The van der Waals surface area contributed by atoms with E-state index in [-0.39, 0.29) is 18.9 Å². The number of nitrogens with one attached hydrogen (secondary N) is 1. The zero-order valence-electron chi connectivity index (χ0n) is 20.0. The molecule has 0 aliphatic rings. The van der Waals surface area contributed by atoms with Crippen molar-refractivity contribution in [1.82, 2.24) is 5.32 Å². The van der Waals surface area contributed by atoms with Gasteiger partial charge in [-0.15, -0.1) is 0 Å². The first kappa shape index (κ1) is 29.1. The van der Waals surface area contributed by atoms with Gasteiger partial charge in [0.2, 0.25) is 13.7 Å². The van der Waals surface area contributed by atoms with Crippen molar-refractivity contribution >= 4 is 19.4 Å². The van der Waals surface area contributed by atoms with Crippen LogP contribution < -0.4 is 11.1 Å². The third-order valence-corrected chi connectivity index (χ3v) is 7.57. The van der Waals surface area contributed by atoms with Gasteiger partial charge in [0, 0.05) is 19.1 Å². The number of esters is 1. The van der Waals surface area contributed by atoms with Gasteiger partial charge in [0.1, 0.15) is 0 Å². The number of nitrogens with two attached hydrogens (primary N) is 1. The van der Waals surface area contributed by atoms with Gasteiger partial charge in [-0.2, -0.15) is 0 Å². The molecule has 0 spiro atoms. The van der Waals surface area contributed by atoms with E-state index in [1.807, 2.05) is 6.92 Å². The Balaban J connectivity index is 3.07. The van der Waals surface area contributed by atoms with Gasteiger partial charge in [-0.05, 0) is 29.9 Å². The first-order chi connectivity index (χ1) is 15.5. The summed E-state index contributed by atoms with van der Waals surface area (Å²) in [6.07, 6.45) is -0.659. The van der Waals surface area contributed by atoms with Gasteiger partial charge < -0.3 is 25.4 Å². The van der Waals surface area contributed by atoms with E-state index in [2.05, 4.69) is 5.32 Å². The fourth-order valence-electron chi connectivity index (χ4n) is 3.11. The number of carbonyl (C=O) groups is 2. The zero-order chi connectivity index (χ0) is 25.0. The van der Waals surface area contributed by atoms with Crippen LogP contribution in [0.2, 0.25) is 0 Å². The second kappa shape index (κ2) is 14.3. The van der Waals surface area contributed by atoms with Gasteiger partial charge in [-0.25, -0.2) is 9.18 Å². The van der Waals surface area contributed by atoms with Gasteiger partial charge in [0.05, 0.1) is 18.3 Å². The van der Waals surface area contributed by atoms with Crippen molar-refractivity contribution in [3.8, 4) is 0 Å². The van der Waals surface area contributed by atoms with Crippen LogP contribution in [0.1, 0.15) is 70.4 Å². The zero-order valence-corrected chi connectivity index (χ0v) is 20.9. The Kier molecular flexibility index (Phi) is 12.6. The van der Waals surface area contributed by atoms with E-state index in [1.165, 1.54) is 0 Å². The average Bonchev–Trinajstić information content (AvgIpc) is 2.76. The van der Waals surface area contributed by atoms with Crippen molar-refractivity contribution in [3.05, 3.63) is 35.4 Å². The molecule has 0 saturated heterocycles. The van der Waals surface area contributed by atoms with Crippen LogP contribution in [-0.4, -0.2) is 41.9 Å². The number of alkyl halides is 1. The molecule has 0 heterocycles. The number of rotatable bonds is 14. The average molecular weight is 489 g/mol. The molecule has 0 aliphatic heterocycles. The van der Waals surface area contributed by atoms with Gasteiger partial charge in [0.15, 0.2) is 0 Å². The minimum absolute atomic E-state index is 0.0326. The van der Waals surface area contributed by atoms with Crippen LogP contribution in [-0.2, 0) is 25.4 Å². The molecule has 4 unspecified atom stereocenters.